The predicted octanol–water partition coefficient (Wildman–Crippen LogP) is 6.54. The Labute approximate surface area is 188 Å². The van der Waals surface area contributed by atoms with Crippen LogP contribution < -0.4 is 0 Å². The lowest BCUT2D eigenvalue weighted by molar-refractivity contribution is -0.455. The lowest BCUT2D eigenvalue weighted by atomic mass is 9.46. The molecule has 2 saturated carbocycles. The number of rotatable bonds is 5. The van der Waals surface area contributed by atoms with E-state index in [4.69, 9.17) is 9.78 Å². The number of aliphatic hydroxyl groups excluding tert-OH is 1. The van der Waals surface area contributed by atoms with Gasteiger partial charge in [0.2, 0.25) is 0 Å². The molecular weight excluding hydrogens is 384 g/mol. The van der Waals surface area contributed by atoms with Crippen LogP contribution in [0.2, 0.25) is 0 Å². The van der Waals surface area contributed by atoms with Crippen LogP contribution >= 0.6 is 0 Å². The molecule has 6 unspecified atom stereocenters. The third-order valence-corrected chi connectivity index (χ3v) is 10.5. The lowest BCUT2D eigenvalue weighted by Gasteiger charge is -2.66. The first-order chi connectivity index (χ1) is 14.6. The molecule has 0 aromatic carbocycles. The first-order valence-electron chi connectivity index (χ1n) is 12.7. The van der Waals surface area contributed by atoms with Crippen molar-refractivity contribution in [3.8, 4) is 0 Å². The van der Waals surface area contributed by atoms with Gasteiger partial charge in [-0.3, -0.25) is 0 Å². The molecule has 0 radical (unpaired) electrons. The van der Waals surface area contributed by atoms with E-state index in [-0.39, 0.29) is 16.9 Å². The average Bonchev–Trinajstić information content (AvgIpc) is 3.09. The minimum absolute atomic E-state index is 0.0702. The number of hydrogen-bond acceptors (Lipinski definition) is 3. The summed E-state index contributed by atoms with van der Waals surface area (Å²) < 4.78 is 0. The summed E-state index contributed by atoms with van der Waals surface area (Å²) in [5.74, 6) is 2.43. The molecule has 6 aliphatic rings. The highest BCUT2D eigenvalue weighted by atomic mass is 17.2. The Morgan fingerprint density at radius 2 is 1.94 bits per heavy atom. The lowest BCUT2D eigenvalue weighted by Crippen LogP contribution is -2.69. The van der Waals surface area contributed by atoms with Crippen LogP contribution in [-0.4, -0.2) is 22.4 Å². The van der Waals surface area contributed by atoms with Crippen LogP contribution in [0.15, 0.2) is 36.0 Å². The molecule has 172 valence electrons. The van der Waals surface area contributed by atoms with E-state index in [1.54, 1.807) is 0 Å². The van der Waals surface area contributed by atoms with Crippen molar-refractivity contribution in [2.45, 2.75) is 103 Å². The third-order valence-electron chi connectivity index (χ3n) is 10.5. The zero-order valence-corrected chi connectivity index (χ0v) is 20.2. The molecule has 6 rings (SSSR count). The second-order valence-corrected chi connectivity index (χ2v) is 12.3. The van der Waals surface area contributed by atoms with Crippen molar-refractivity contribution in [1.29, 1.82) is 0 Å². The van der Waals surface area contributed by atoms with Crippen LogP contribution in [0.1, 0.15) is 86.0 Å². The number of allylic oxidation sites excluding steroid dienone is 2. The fraction of sp³-hybridized carbons (Fsp3) is 0.786. The molecular formula is C28H42O3. The molecule has 1 saturated heterocycles. The minimum Gasteiger partial charge on any atom is -0.393 e. The van der Waals surface area contributed by atoms with E-state index < -0.39 is 11.2 Å². The van der Waals surface area contributed by atoms with Gasteiger partial charge in [-0.15, -0.1) is 0 Å². The zero-order chi connectivity index (χ0) is 22.2. The minimum atomic E-state index is -0.505. The highest BCUT2D eigenvalue weighted by molar-refractivity contribution is 5.48. The van der Waals surface area contributed by atoms with E-state index in [1.807, 2.05) is 0 Å². The van der Waals surface area contributed by atoms with E-state index in [9.17, 15) is 5.11 Å². The van der Waals surface area contributed by atoms with Crippen LogP contribution in [0.3, 0.4) is 0 Å². The summed E-state index contributed by atoms with van der Waals surface area (Å²) in [7, 11) is 0. The number of aliphatic hydroxyl groups is 1. The summed E-state index contributed by atoms with van der Waals surface area (Å²) in [6, 6.07) is 0. The Morgan fingerprint density at radius 3 is 2.61 bits per heavy atom. The summed E-state index contributed by atoms with van der Waals surface area (Å²) in [5.41, 5.74) is 2.08. The molecule has 3 fully saturated rings. The first kappa shape index (κ1) is 21.9. The maximum Gasteiger partial charge on any atom is 0.147 e. The normalized spacial score (nSPS) is 48.7. The standard InChI is InChI=1S/C28H42O3/c1-18(2)19(3)7-8-20(4)22-9-10-23-25(22,5)13-12-24-26(6)14-11-21(29)17-27(26)15-16-28(23,24)31-30-27/h12,15-16,18,20-23,29H,3,7-11,13-14,17H2,1-2,4-6H3/t20?,21?,22?,23?,25?,26?,27-,28+/m1/s1. The molecule has 2 aliphatic heterocycles. The van der Waals surface area contributed by atoms with Crippen molar-refractivity contribution in [1.82, 2.24) is 0 Å². The second-order valence-electron chi connectivity index (χ2n) is 12.3. The summed E-state index contributed by atoms with van der Waals surface area (Å²) >= 11 is 0. The number of hydrogen-bond donors (Lipinski definition) is 1. The van der Waals surface area contributed by atoms with Gasteiger partial charge in [-0.25, -0.2) is 9.78 Å². The summed E-state index contributed by atoms with van der Waals surface area (Å²) in [6.07, 6.45) is 15.3. The highest BCUT2D eigenvalue weighted by Gasteiger charge is 2.71. The fourth-order valence-corrected chi connectivity index (χ4v) is 8.28. The summed E-state index contributed by atoms with van der Waals surface area (Å²) in [5, 5.41) is 10.4. The zero-order valence-electron chi connectivity index (χ0n) is 20.2. The summed E-state index contributed by atoms with van der Waals surface area (Å²) in [6.45, 7) is 16.2. The molecule has 0 aromatic rings. The van der Waals surface area contributed by atoms with Gasteiger partial charge in [0.25, 0.3) is 0 Å². The topological polar surface area (TPSA) is 38.7 Å². The van der Waals surface area contributed by atoms with Gasteiger partial charge in [-0.05, 0) is 85.8 Å². The van der Waals surface area contributed by atoms with Crippen molar-refractivity contribution in [3.05, 3.63) is 36.0 Å². The van der Waals surface area contributed by atoms with Gasteiger partial charge in [0.15, 0.2) is 0 Å². The highest BCUT2D eigenvalue weighted by Crippen LogP contribution is 2.71. The fourth-order valence-electron chi connectivity index (χ4n) is 8.28. The molecule has 3 nitrogen and oxygen atoms in total. The predicted molar refractivity (Wildman–Crippen MR) is 124 cm³/mol. The average molecular weight is 427 g/mol. The Hall–Kier alpha value is -0.900. The SMILES string of the molecule is C=C(CCC(C)C1CCC2C1(C)CC=C1C3(C)CCC(O)C[C@]34C=C[C@@]12OO4)C(C)C. The van der Waals surface area contributed by atoms with Crippen LogP contribution in [0.25, 0.3) is 0 Å². The molecule has 2 spiro atoms. The Kier molecular flexibility index (Phi) is 4.98. The smallest absolute Gasteiger partial charge is 0.147 e. The Morgan fingerprint density at radius 1 is 1.16 bits per heavy atom. The van der Waals surface area contributed by atoms with Crippen LogP contribution in [0.4, 0.5) is 0 Å². The molecule has 2 bridgehead atoms. The molecule has 0 amide bonds. The third kappa shape index (κ3) is 2.82. The maximum absolute atomic E-state index is 10.4. The van der Waals surface area contributed by atoms with Gasteiger partial charge < -0.3 is 5.11 Å². The van der Waals surface area contributed by atoms with E-state index in [0.717, 1.165) is 25.7 Å². The molecule has 3 heteroatoms. The monoisotopic (exact) mass is 426 g/mol. The first-order valence-corrected chi connectivity index (χ1v) is 12.7. The van der Waals surface area contributed by atoms with Crippen molar-refractivity contribution in [2.75, 3.05) is 0 Å². The molecule has 4 aliphatic carbocycles. The number of fused-ring (bicyclic) bond motifs is 2. The quantitative estimate of drug-likeness (QED) is 0.401. The van der Waals surface area contributed by atoms with E-state index >= 15 is 0 Å². The second kappa shape index (κ2) is 7.05. The van der Waals surface area contributed by atoms with Crippen LogP contribution in [0.5, 0.6) is 0 Å². The van der Waals surface area contributed by atoms with E-state index in [2.05, 4.69) is 59.4 Å². The molecule has 2 heterocycles. The molecule has 31 heavy (non-hydrogen) atoms. The molecule has 8 atom stereocenters. The Balaban J connectivity index is 1.45. The van der Waals surface area contributed by atoms with Crippen LogP contribution in [0, 0.1) is 34.5 Å². The Bertz CT molecular complexity index is 826. The maximum atomic E-state index is 10.4. The van der Waals surface area contributed by atoms with Gasteiger partial charge in [0, 0.05) is 17.8 Å². The largest absolute Gasteiger partial charge is 0.393 e. The van der Waals surface area contributed by atoms with E-state index in [1.165, 1.54) is 30.4 Å². The van der Waals surface area contributed by atoms with Gasteiger partial charge in [-0.1, -0.05) is 52.8 Å². The van der Waals surface area contributed by atoms with Crippen LogP contribution in [-0.2, 0) is 9.78 Å². The van der Waals surface area contributed by atoms with Gasteiger partial charge in [-0.2, -0.15) is 0 Å². The van der Waals surface area contributed by atoms with Crippen molar-refractivity contribution in [2.24, 2.45) is 34.5 Å². The van der Waals surface area contributed by atoms with E-state index in [0.29, 0.717) is 30.1 Å². The van der Waals surface area contributed by atoms with Crippen molar-refractivity contribution < 1.29 is 14.9 Å². The summed E-state index contributed by atoms with van der Waals surface area (Å²) in [4.78, 5) is 12.7. The van der Waals surface area contributed by atoms with Gasteiger partial charge >= 0.3 is 0 Å². The van der Waals surface area contributed by atoms with Gasteiger partial charge in [0.05, 0.1) is 6.10 Å². The van der Waals surface area contributed by atoms with Gasteiger partial charge in [0.1, 0.15) is 11.2 Å². The van der Waals surface area contributed by atoms with Crippen molar-refractivity contribution in [3.63, 3.8) is 0 Å². The molecule has 0 aromatic heterocycles. The molecule has 1 N–H and O–H groups in total. The van der Waals surface area contributed by atoms with Crippen molar-refractivity contribution >= 4 is 0 Å².